The van der Waals surface area contributed by atoms with Gasteiger partial charge < -0.3 is 10.6 Å². The molecule has 0 spiro atoms. The molecular formula is C17H18N6O2. The normalized spacial score (nSPS) is 17.3. The number of piperidine rings is 1. The zero-order chi connectivity index (χ0) is 18.4. The number of carbonyl (C=O) groups excluding carboxylic acids is 2. The first kappa shape index (κ1) is 18.0. The Bertz CT molecular complexity index is 802. The summed E-state index contributed by atoms with van der Waals surface area (Å²) in [6.45, 7) is 2.53. The Morgan fingerprint density at radius 2 is 2.28 bits per heavy atom. The summed E-state index contributed by atoms with van der Waals surface area (Å²) in [6.07, 6.45) is 8.39. The fourth-order valence-electron chi connectivity index (χ4n) is 2.67. The summed E-state index contributed by atoms with van der Waals surface area (Å²) in [5.74, 6) is 1.63. The van der Waals surface area contributed by atoms with Crippen molar-refractivity contribution in [1.29, 1.82) is 5.26 Å². The molecule has 0 saturated carbocycles. The van der Waals surface area contributed by atoms with Crippen molar-refractivity contribution in [1.82, 2.24) is 15.5 Å². The number of nitrogens with two attached hydrogens (primary N) is 1. The summed E-state index contributed by atoms with van der Waals surface area (Å²) < 4.78 is 0. The summed E-state index contributed by atoms with van der Waals surface area (Å²) >= 11 is 0. The van der Waals surface area contributed by atoms with Crippen LogP contribution in [-0.2, 0) is 9.59 Å². The Kier molecular flexibility index (Phi) is 5.70. The van der Waals surface area contributed by atoms with Crippen molar-refractivity contribution in [2.24, 2.45) is 11.7 Å². The van der Waals surface area contributed by atoms with E-state index in [0.29, 0.717) is 12.2 Å². The van der Waals surface area contributed by atoms with E-state index in [0.717, 1.165) is 25.6 Å². The second kappa shape index (κ2) is 7.93. The lowest BCUT2D eigenvalue weighted by atomic mass is 9.98. The van der Waals surface area contributed by atoms with E-state index in [-0.39, 0.29) is 22.9 Å². The molecule has 1 aliphatic rings. The molecular weight excluding hydrogens is 320 g/mol. The van der Waals surface area contributed by atoms with Gasteiger partial charge in [0, 0.05) is 32.1 Å². The zero-order valence-electron chi connectivity index (χ0n) is 13.8. The number of hydrogen-bond acceptors (Lipinski definition) is 7. The van der Waals surface area contributed by atoms with E-state index in [1.54, 1.807) is 6.07 Å². The molecule has 0 unspecified atom stereocenters. The van der Waals surface area contributed by atoms with Crippen molar-refractivity contribution in [2.75, 3.05) is 18.0 Å². The summed E-state index contributed by atoms with van der Waals surface area (Å²) in [5.41, 5.74) is 6.38. The monoisotopic (exact) mass is 338 g/mol. The average molecular weight is 338 g/mol. The lowest BCUT2D eigenvalue weighted by Gasteiger charge is -2.32. The maximum absolute atomic E-state index is 12.1. The van der Waals surface area contributed by atoms with E-state index in [4.69, 9.17) is 12.2 Å². The van der Waals surface area contributed by atoms with E-state index in [1.807, 2.05) is 11.0 Å². The molecule has 2 amide bonds. The smallest absolute Gasteiger partial charge is 0.261 e. The number of hydrogen-bond donors (Lipinski definition) is 2. The molecule has 0 aliphatic carbocycles. The number of aromatic nitrogens is 2. The van der Waals surface area contributed by atoms with Gasteiger partial charge in [-0.1, -0.05) is 0 Å². The number of nitriles is 1. The first-order valence-corrected chi connectivity index (χ1v) is 7.73. The van der Waals surface area contributed by atoms with Crippen LogP contribution >= 0.6 is 0 Å². The second-order valence-corrected chi connectivity index (χ2v) is 5.62. The van der Waals surface area contributed by atoms with Gasteiger partial charge in [0.15, 0.2) is 5.69 Å². The fraction of sp³-hybridized carbons (Fsp3) is 0.353. The first-order chi connectivity index (χ1) is 12.0. The van der Waals surface area contributed by atoms with Crippen LogP contribution in [0.1, 0.15) is 31.2 Å². The number of terminal acetylenes is 1. The molecule has 0 aromatic carbocycles. The number of nitrogens with one attached hydrogen (secondary N) is 1. The van der Waals surface area contributed by atoms with Gasteiger partial charge in [-0.3, -0.25) is 14.9 Å². The van der Waals surface area contributed by atoms with Crippen LogP contribution in [0.3, 0.4) is 0 Å². The number of anilines is 1. The zero-order valence-corrected chi connectivity index (χ0v) is 13.8. The minimum Gasteiger partial charge on any atom is -0.404 e. The van der Waals surface area contributed by atoms with Crippen molar-refractivity contribution in [3.63, 3.8) is 0 Å². The van der Waals surface area contributed by atoms with Gasteiger partial charge >= 0.3 is 0 Å². The molecule has 1 aromatic heterocycles. The van der Waals surface area contributed by atoms with Gasteiger partial charge in [-0.25, -0.2) is 0 Å². The van der Waals surface area contributed by atoms with E-state index < -0.39 is 11.8 Å². The van der Waals surface area contributed by atoms with Gasteiger partial charge in [0.25, 0.3) is 5.91 Å². The van der Waals surface area contributed by atoms with E-state index >= 15 is 0 Å². The average Bonchev–Trinajstić information content (AvgIpc) is 2.61. The van der Waals surface area contributed by atoms with Crippen LogP contribution in [0.2, 0.25) is 0 Å². The number of nitrogens with zero attached hydrogens (tertiary/aromatic N) is 4. The Morgan fingerprint density at radius 3 is 2.88 bits per heavy atom. The van der Waals surface area contributed by atoms with Gasteiger partial charge in [0.2, 0.25) is 5.91 Å². The fourth-order valence-corrected chi connectivity index (χ4v) is 2.67. The van der Waals surface area contributed by atoms with Crippen LogP contribution in [0.5, 0.6) is 0 Å². The standard InChI is InChI=1S/C17H18N6O2/c1-3-12-5-4-6-23(10-12)16-7-14(21-22-15(16)9-19)13(8-18)17(25)20-11(2)24/h1,7-8,12H,4-6,10,18H2,2H3,(H,20,24,25)/b13-8-/t12-/m0/s1. The number of imide groups is 1. The van der Waals surface area contributed by atoms with Gasteiger partial charge in [0.1, 0.15) is 11.8 Å². The number of rotatable bonds is 3. The molecule has 8 nitrogen and oxygen atoms in total. The van der Waals surface area contributed by atoms with E-state index in [2.05, 4.69) is 21.4 Å². The SMILES string of the molecule is C#C[C@H]1CCCN(c2cc(/C(=C/N)C(=O)NC(C)=O)nnc2C#N)C1. The quantitative estimate of drug-likeness (QED) is 0.594. The molecule has 25 heavy (non-hydrogen) atoms. The molecule has 128 valence electrons. The van der Waals surface area contributed by atoms with Gasteiger partial charge in [0.05, 0.1) is 11.3 Å². The van der Waals surface area contributed by atoms with Crippen molar-refractivity contribution in [2.45, 2.75) is 19.8 Å². The maximum atomic E-state index is 12.1. The van der Waals surface area contributed by atoms with Crippen LogP contribution in [0.15, 0.2) is 12.3 Å². The molecule has 3 N–H and O–H groups in total. The third kappa shape index (κ3) is 4.12. The topological polar surface area (TPSA) is 125 Å². The first-order valence-electron chi connectivity index (χ1n) is 7.73. The highest BCUT2D eigenvalue weighted by Crippen LogP contribution is 2.27. The van der Waals surface area contributed by atoms with Crippen molar-refractivity contribution < 1.29 is 9.59 Å². The Balaban J connectivity index is 2.40. The molecule has 8 heteroatoms. The van der Waals surface area contributed by atoms with Crippen LogP contribution in [0.4, 0.5) is 5.69 Å². The van der Waals surface area contributed by atoms with Crippen LogP contribution < -0.4 is 16.0 Å². The molecule has 0 bridgehead atoms. The molecule has 2 rings (SSSR count). The van der Waals surface area contributed by atoms with Crippen molar-refractivity contribution in [3.8, 4) is 18.4 Å². The predicted octanol–water partition coefficient (Wildman–Crippen LogP) is 0.160. The minimum absolute atomic E-state index is 0.000973. The summed E-state index contributed by atoms with van der Waals surface area (Å²) in [5, 5.41) is 19.2. The maximum Gasteiger partial charge on any atom is 0.261 e. The Morgan fingerprint density at radius 1 is 1.52 bits per heavy atom. The molecule has 1 atom stereocenters. The van der Waals surface area contributed by atoms with Gasteiger partial charge in [-0.05, 0) is 18.9 Å². The predicted molar refractivity (Wildman–Crippen MR) is 91.5 cm³/mol. The molecule has 0 radical (unpaired) electrons. The summed E-state index contributed by atoms with van der Waals surface area (Å²) in [7, 11) is 0. The number of carbonyl (C=O) groups is 2. The van der Waals surface area contributed by atoms with Gasteiger partial charge in [-0.15, -0.1) is 22.5 Å². The minimum atomic E-state index is -0.680. The lowest BCUT2D eigenvalue weighted by molar-refractivity contribution is -0.126. The molecule has 2 heterocycles. The van der Waals surface area contributed by atoms with Gasteiger partial charge in [-0.2, -0.15) is 5.26 Å². The molecule has 1 aliphatic heterocycles. The highest BCUT2D eigenvalue weighted by atomic mass is 16.2. The molecule has 1 fully saturated rings. The summed E-state index contributed by atoms with van der Waals surface area (Å²) in [4.78, 5) is 25.1. The number of amides is 2. The third-order valence-electron chi connectivity index (χ3n) is 3.85. The summed E-state index contributed by atoms with van der Waals surface area (Å²) in [6, 6.07) is 3.57. The van der Waals surface area contributed by atoms with Crippen LogP contribution in [-0.4, -0.2) is 35.1 Å². The second-order valence-electron chi connectivity index (χ2n) is 5.62. The molecule has 1 aromatic rings. The highest BCUT2D eigenvalue weighted by Gasteiger charge is 2.24. The van der Waals surface area contributed by atoms with Crippen molar-refractivity contribution >= 4 is 23.1 Å². The Hall–Kier alpha value is -3.39. The van der Waals surface area contributed by atoms with E-state index in [9.17, 15) is 14.9 Å². The largest absolute Gasteiger partial charge is 0.404 e. The highest BCUT2D eigenvalue weighted by molar-refractivity contribution is 6.23. The Labute approximate surface area is 145 Å². The van der Waals surface area contributed by atoms with Crippen LogP contribution in [0.25, 0.3) is 5.57 Å². The van der Waals surface area contributed by atoms with Crippen LogP contribution in [0, 0.1) is 29.6 Å². The third-order valence-corrected chi connectivity index (χ3v) is 3.85. The van der Waals surface area contributed by atoms with Crippen molar-refractivity contribution in [3.05, 3.63) is 23.7 Å². The lowest BCUT2D eigenvalue weighted by Crippen LogP contribution is -2.36. The van der Waals surface area contributed by atoms with E-state index in [1.165, 1.54) is 6.92 Å². The molecule has 1 saturated heterocycles.